The Hall–Kier alpha value is -2.96. The summed E-state index contributed by atoms with van der Waals surface area (Å²) in [5, 5.41) is 3.43. The number of hydrogen-bond donors (Lipinski definition) is 1. The summed E-state index contributed by atoms with van der Waals surface area (Å²) in [7, 11) is 0. The lowest BCUT2D eigenvalue weighted by molar-refractivity contribution is -0.136. The van der Waals surface area contributed by atoms with Crippen molar-refractivity contribution in [1.82, 2.24) is 14.9 Å². The third-order valence-corrected chi connectivity index (χ3v) is 5.50. The van der Waals surface area contributed by atoms with E-state index in [0.717, 1.165) is 30.0 Å². The fourth-order valence-corrected chi connectivity index (χ4v) is 3.98. The summed E-state index contributed by atoms with van der Waals surface area (Å²) in [4.78, 5) is 37.3. The molecule has 0 saturated carbocycles. The number of carbonyl (C=O) groups excluding carboxylic acids is 2. The molecule has 146 valence electrons. The molecule has 2 saturated heterocycles. The summed E-state index contributed by atoms with van der Waals surface area (Å²) in [5.41, 5.74) is 1.80. The molecule has 2 aliphatic heterocycles. The van der Waals surface area contributed by atoms with Gasteiger partial charge in [0.1, 0.15) is 12.1 Å². The second kappa shape index (κ2) is 7.96. The standard InChI is InChI=1S/C21H25N5O2/c1-15-11-19(23-14-22-15)24-17-7-9-25(10-8-17)21(28)16-12-20(27)26(13-16)18-5-3-2-4-6-18/h2-6,11,14,16-17H,7-10,12-13H2,1H3,(H,22,23,24). The van der Waals surface area contributed by atoms with Crippen molar-refractivity contribution in [2.75, 3.05) is 29.9 Å². The molecule has 1 unspecified atom stereocenters. The molecule has 1 aromatic carbocycles. The number of likely N-dealkylation sites (tertiary alicyclic amines) is 1. The van der Waals surface area contributed by atoms with E-state index in [0.29, 0.717) is 32.1 Å². The molecule has 0 spiro atoms. The molecule has 2 fully saturated rings. The molecule has 3 heterocycles. The minimum atomic E-state index is -0.248. The maximum absolute atomic E-state index is 12.9. The maximum Gasteiger partial charge on any atom is 0.228 e. The van der Waals surface area contributed by atoms with Crippen LogP contribution in [0.1, 0.15) is 25.0 Å². The lowest BCUT2D eigenvalue weighted by atomic mass is 10.0. The molecule has 1 aromatic heterocycles. The van der Waals surface area contributed by atoms with Gasteiger partial charge in [-0.15, -0.1) is 0 Å². The summed E-state index contributed by atoms with van der Waals surface area (Å²) in [6.07, 6.45) is 3.60. The second-order valence-electron chi connectivity index (χ2n) is 7.53. The fourth-order valence-electron chi connectivity index (χ4n) is 3.98. The van der Waals surface area contributed by atoms with Crippen LogP contribution in [0.3, 0.4) is 0 Å². The van der Waals surface area contributed by atoms with E-state index < -0.39 is 0 Å². The Balaban J connectivity index is 1.31. The van der Waals surface area contributed by atoms with Gasteiger partial charge in [-0.1, -0.05) is 18.2 Å². The number of anilines is 2. The number of piperidine rings is 1. The number of nitrogens with one attached hydrogen (secondary N) is 1. The van der Waals surface area contributed by atoms with Gasteiger partial charge in [0.25, 0.3) is 0 Å². The normalized spacial score (nSPS) is 20.5. The van der Waals surface area contributed by atoms with E-state index in [1.807, 2.05) is 48.2 Å². The molecule has 0 radical (unpaired) electrons. The monoisotopic (exact) mass is 379 g/mol. The van der Waals surface area contributed by atoms with Gasteiger partial charge < -0.3 is 15.1 Å². The number of carbonyl (C=O) groups is 2. The summed E-state index contributed by atoms with van der Waals surface area (Å²) >= 11 is 0. The summed E-state index contributed by atoms with van der Waals surface area (Å²) in [6.45, 7) is 3.82. The van der Waals surface area contributed by atoms with Crippen LogP contribution in [-0.2, 0) is 9.59 Å². The van der Waals surface area contributed by atoms with Crippen molar-refractivity contribution in [1.29, 1.82) is 0 Å². The minimum absolute atomic E-state index is 0.0280. The molecule has 1 N–H and O–H groups in total. The van der Waals surface area contributed by atoms with Crippen molar-refractivity contribution in [2.24, 2.45) is 5.92 Å². The first-order valence-corrected chi connectivity index (χ1v) is 9.79. The number of amides is 2. The van der Waals surface area contributed by atoms with Crippen LogP contribution >= 0.6 is 0 Å². The van der Waals surface area contributed by atoms with Crippen molar-refractivity contribution in [2.45, 2.75) is 32.2 Å². The van der Waals surface area contributed by atoms with E-state index in [2.05, 4.69) is 15.3 Å². The Labute approximate surface area is 164 Å². The topological polar surface area (TPSA) is 78.4 Å². The average molecular weight is 379 g/mol. The van der Waals surface area contributed by atoms with Gasteiger partial charge in [0, 0.05) is 49.5 Å². The first-order chi connectivity index (χ1) is 13.6. The Morgan fingerprint density at radius 3 is 2.61 bits per heavy atom. The highest BCUT2D eigenvalue weighted by Crippen LogP contribution is 2.27. The fraction of sp³-hybridized carbons (Fsp3) is 0.429. The van der Waals surface area contributed by atoms with Gasteiger partial charge in [-0.2, -0.15) is 0 Å². The smallest absolute Gasteiger partial charge is 0.228 e. The molecule has 2 aromatic rings. The van der Waals surface area contributed by atoms with Gasteiger partial charge in [-0.25, -0.2) is 9.97 Å². The van der Waals surface area contributed by atoms with Crippen LogP contribution in [-0.4, -0.2) is 52.4 Å². The summed E-state index contributed by atoms with van der Waals surface area (Å²) in [6, 6.07) is 11.8. The zero-order valence-electron chi connectivity index (χ0n) is 16.0. The van der Waals surface area contributed by atoms with Crippen LogP contribution in [0.4, 0.5) is 11.5 Å². The molecule has 28 heavy (non-hydrogen) atoms. The predicted molar refractivity (Wildman–Crippen MR) is 107 cm³/mol. The van der Waals surface area contributed by atoms with Crippen molar-refractivity contribution in [3.8, 4) is 0 Å². The van der Waals surface area contributed by atoms with Crippen molar-refractivity contribution in [3.63, 3.8) is 0 Å². The lowest BCUT2D eigenvalue weighted by Crippen LogP contribution is -2.45. The zero-order chi connectivity index (χ0) is 19.5. The zero-order valence-corrected chi connectivity index (χ0v) is 16.0. The third-order valence-electron chi connectivity index (χ3n) is 5.50. The van der Waals surface area contributed by atoms with Crippen molar-refractivity contribution in [3.05, 3.63) is 48.4 Å². The number of rotatable bonds is 4. The molecule has 0 bridgehead atoms. The van der Waals surface area contributed by atoms with Crippen LogP contribution in [0.2, 0.25) is 0 Å². The molecule has 0 aliphatic carbocycles. The number of aromatic nitrogens is 2. The largest absolute Gasteiger partial charge is 0.367 e. The van der Waals surface area contributed by atoms with Gasteiger partial charge in [-0.3, -0.25) is 9.59 Å². The molecule has 4 rings (SSSR count). The quantitative estimate of drug-likeness (QED) is 0.881. The van der Waals surface area contributed by atoms with E-state index in [-0.39, 0.29) is 17.7 Å². The number of hydrogen-bond acceptors (Lipinski definition) is 5. The van der Waals surface area contributed by atoms with Crippen molar-refractivity contribution < 1.29 is 9.59 Å². The second-order valence-corrected chi connectivity index (χ2v) is 7.53. The van der Waals surface area contributed by atoms with Gasteiger partial charge in [0.2, 0.25) is 11.8 Å². The Morgan fingerprint density at radius 1 is 1.14 bits per heavy atom. The molecular formula is C21H25N5O2. The Morgan fingerprint density at radius 2 is 1.89 bits per heavy atom. The van der Waals surface area contributed by atoms with Crippen LogP contribution in [0.5, 0.6) is 0 Å². The predicted octanol–water partition coefficient (Wildman–Crippen LogP) is 2.24. The molecule has 2 aliphatic rings. The Kier molecular flexibility index (Phi) is 5.23. The van der Waals surface area contributed by atoms with E-state index in [1.165, 1.54) is 0 Å². The number of benzene rings is 1. The lowest BCUT2D eigenvalue weighted by Gasteiger charge is -2.34. The molecule has 7 heteroatoms. The Bertz CT molecular complexity index is 849. The molecular weight excluding hydrogens is 354 g/mol. The molecule has 1 atom stereocenters. The number of nitrogens with zero attached hydrogens (tertiary/aromatic N) is 4. The third kappa shape index (κ3) is 3.98. The molecule has 7 nitrogen and oxygen atoms in total. The summed E-state index contributed by atoms with van der Waals surface area (Å²) in [5.74, 6) is 0.710. The minimum Gasteiger partial charge on any atom is -0.367 e. The first-order valence-electron chi connectivity index (χ1n) is 9.79. The maximum atomic E-state index is 12.9. The van der Waals surface area contributed by atoms with Crippen LogP contribution < -0.4 is 10.2 Å². The SMILES string of the molecule is Cc1cc(NC2CCN(C(=O)C3CC(=O)N(c4ccccc4)C3)CC2)ncn1. The highest BCUT2D eigenvalue weighted by Gasteiger charge is 2.38. The number of aryl methyl sites for hydroxylation is 1. The first kappa shape index (κ1) is 18.4. The van der Waals surface area contributed by atoms with Gasteiger partial charge in [0.05, 0.1) is 5.92 Å². The van der Waals surface area contributed by atoms with Gasteiger partial charge in [-0.05, 0) is 31.9 Å². The van der Waals surface area contributed by atoms with Crippen molar-refractivity contribution >= 4 is 23.3 Å². The highest BCUT2D eigenvalue weighted by molar-refractivity contribution is 6.00. The van der Waals surface area contributed by atoms with Crippen LogP contribution in [0.15, 0.2) is 42.7 Å². The molecule has 2 amide bonds. The number of para-hydroxylation sites is 1. The van der Waals surface area contributed by atoms with E-state index in [4.69, 9.17) is 0 Å². The van der Waals surface area contributed by atoms with E-state index >= 15 is 0 Å². The van der Waals surface area contributed by atoms with Gasteiger partial charge >= 0.3 is 0 Å². The van der Waals surface area contributed by atoms with Crippen LogP contribution in [0, 0.1) is 12.8 Å². The summed E-state index contributed by atoms with van der Waals surface area (Å²) < 4.78 is 0. The van der Waals surface area contributed by atoms with Crippen LogP contribution in [0.25, 0.3) is 0 Å². The van der Waals surface area contributed by atoms with E-state index in [1.54, 1.807) is 11.2 Å². The van der Waals surface area contributed by atoms with Gasteiger partial charge in [0.15, 0.2) is 0 Å². The average Bonchev–Trinajstić information content (AvgIpc) is 3.10. The van der Waals surface area contributed by atoms with E-state index in [9.17, 15) is 9.59 Å². The highest BCUT2D eigenvalue weighted by atomic mass is 16.2.